The largest absolute Gasteiger partial charge is 0.334 e. The second-order valence-corrected chi connectivity index (χ2v) is 5.11. The number of benzene rings is 1. The number of halogens is 2. The lowest BCUT2D eigenvalue weighted by atomic mass is 10.1. The van der Waals surface area contributed by atoms with Gasteiger partial charge in [0.2, 0.25) is 0 Å². The highest BCUT2D eigenvalue weighted by molar-refractivity contribution is 6.35. The standard InChI is InChI=1S/C11H11Cl2N3O/c1-11(2,14)10-15-9(17-16-10)7-5-6(12)3-4-8(7)13/h3-5H,14H2,1-2H3. The Bertz CT molecular complexity index is 546. The smallest absolute Gasteiger partial charge is 0.259 e. The van der Waals surface area contributed by atoms with Gasteiger partial charge >= 0.3 is 0 Å². The SMILES string of the molecule is CC(C)(N)c1noc(-c2cc(Cl)ccc2Cl)n1. The molecule has 0 fully saturated rings. The van der Waals surface area contributed by atoms with Crippen LogP contribution in [0.4, 0.5) is 0 Å². The minimum atomic E-state index is -0.660. The van der Waals surface area contributed by atoms with E-state index in [1.54, 1.807) is 32.0 Å². The number of aromatic nitrogens is 2. The first-order valence-corrected chi connectivity index (χ1v) is 5.72. The van der Waals surface area contributed by atoms with Crippen LogP contribution in [0.25, 0.3) is 11.5 Å². The Kier molecular flexibility index (Phi) is 3.12. The molecule has 0 aliphatic heterocycles. The van der Waals surface area contributed by atoms with Gasteiger partial charge in [-0.15, -0.1) is 0 Å². The second-order valence-electron chi connectivity index (χ2n) is 4.27. The maximum atomic E-state index is 6.04. The molecule has 0 amide bonds. The molecule has 6 heteroatoms. The molecule has 1 aromatic heterocycles. The fourth-order valence-electron chi connectivity index (χ4n) is 1.26. The van der Waals surface area contributed by atoms with Crippen LogP contribution in [0.3, 0.4) is 0 Å². The molecule has 2 aromatic rings. The number of hydrogen-bond donors (Lipinski definition) is 1. The molecule has 2 N–H and O–H groups in total. The topological polar surface area (TPSA) is 64.9 Å². The van der Waals surface area contributed by atoms with Crippen LogP contribution in [0.15, 0.2) is 22.7 Å². The summed E-state index contributed by atoms with van der Waals surface area (Å²) in [5, 5.41) is 4.87. The summed E-state index contributed by atoms with van der Waals surface area (Å²) in [7, 11) is 0. The lowest BCUT2D eigenvalue weighted by Crippen LogP contribution is -2.30. The number of nitrogens with two attached hydrogens (primary N) is 1. The van der Waals surface area contributed by atoms with Gasteiger partial charge < -0.3 is 10.3 Å². The molecule has 0 unspecified atom stereocenters. The van der Waals surface area contributed by atoms with Crippen LogP contribution in [-0.2, 0) is 5.54 Å². The third kappa shape index (κ3) is 2.60. The van der Waals surface area contributed by atoms with Crippen molar-refractivity contribution in [2.75, 3.05) is 0 Å². The third-order valence-electron chi connectivity index (χ3n) is 2.16. The minimum absolute atomic E-state index is 0.311. The molecule has 90 valence electrons. The maximum absolute atomic E-state index is 6.04. The van der Waals surface area contributed by atoms with Crippen LogP contribution in [0.5, 0.6) is 0 Å². The Morgan fingerprint density at radius 1 is 1.29 bits per heavy atom. The first kappa shape index (κ1) is 12.4. The minimum Gasteiger partial charge on any atom is -0.334 e. The lowest BCUT2D eigenvalue weighted by Gasteiger charge is -2.11. The van der Waals surface area contributed by atoms with Crippen molar-refractivity contribution in [1.29, 1.82) is 0 Å². The Balaban J connectivity index is 2.47. The number of nitrogens with zero attached hydrogens (tertiary/aromatic N) is 2. The summed E-state index contributed by atoms with van der Waals surface area (Å²) in [4.78, 5) is 4.21. The average Bonchev–Trinajstić information content (AvgIpc) is 2.70. The molecule has 0 spiro atoms. The molecule has 0 aliphatic rings. The monoisotopic (exact) mass is 271 g/mol. The first-order chi connectivity index (χ1) is 7.88. The van der Waals surface area contributed by atoms with Crippen molar-refractivity contribution < 1.29 is 4.52 Å². The molecule has 0 atom stereocenters. The van der Waals surface area contributed by atoms with Crippen LogP contribution >= 0.6 is 23.2 Å². The van der Waals surface area contributed by atoms with Gasteiger partial charge in [-0.3, -0.25) is 0 Å². The van der Waals surface area contributed by atoms with E-state index in [2.05, 4.69) is 10.1 Å². The summed E-state index contributed by atoms with van der Waals surface area (Å²) < 4.78 is 5.13. The zero-order valence-electron chi connectivity index (χ0n) is 9.37. The molecule has 1 heterocycles. The summed E-state index contributed by atoms with van der Waals surface area (Å²) >= 11 is 11.9. The van der Waals surface area contributed by atoms with Crippen molar-refractivity contribution in [2.24, 2.45) is 5.73 Å². The van der Waals surface area contributed by atoms with Crippen molar-refractivity contribution in [3.05, 3.63) is 34.1 Å². The Hall–Kier alpha value is -1.10. The van der Waals surface area contributed by atoms with Crippen molar-refractivity contribution in [1.82, 2.24) is 10.1 Å². The molecule has 0 saturated heterocycles. The van der Waals surface area contributed by atoms with E-state index in [1.807, 2.05) is 0 Å². The molecular weight excluding hydrogens is 261 g/mol. The van der Waals surface area contributed by atoms with E-state index < -0.39 is 5.54 Å². The van der Waals surface area contributed by atoms with E-state index in [-0.39, 0.29) is 0 Å². The Labute approximate surface area is 109 Å². The van der Waals surface area contributed by atoms with Crippen LogP contribution in [0, 0.1) is 0 Å². The molecule has 0 bridgehead atoms. The van der Waals surface area contributed by atoms with Gasteiger partial charge in [0.25, 0.3) is 5.89 Å². The Morgan fingerprint density at radius 3 is 2.59 bits per heavy atom. The molecule has 1 aromatic carbocycles. The highest BCUT2D eigenvalue weighted by atomic mass is 35.5. The van der Waals surface area contributed by atoms with E-state index in [9.17, 15) is 0 Å². The molecule has 2 rings (SSSR count). The van der Waals surface area contributed by atoms with E-state index >= 15 is 0 Å². The summed E-state index contributed by atoms with van der Waals surface area (Å²) in [5.41, 5.74) is 5.81. The quantitative estimate of drug-likeness (QED) is 0.911. The van der Waals surface area contributed by atoms with Gasteiger partial charge in [0, 0.05) is 5.02 Å². The van der Waals surface area contributed by atoms with Crippen molar-refractivity contribution >= 4 is 23.2 Å². The van der Waals surface area contributed by atoms with E-state index in [1.165, 1.54) is 0 Å². The molecule has 0 aliphatic carbocycles. The maximum Gasteiger partial charge on any atom is 0.259 e. The highest BCUT2D eigenvalue weighted by Crippen LogP contribution is 2.30. The summed E-state index contributed by atoms with van der Waals surface area (Å²) in [5.74, 6) is 0.731. The fourth-order valence-corrected chi connectivity index (χ4v) is 1.63. The van der Waals surface area contributed by atoms with Crippen molar-refractivity contribution in [3.8, 4) is 11.5 Å². The van der Waals surface area contributed by atoms with Gasteiger partial charge in [-0.05, 0) is 32.0 Å². The molecule has 0 saturated carbocycles. The van der Waals surface area contributed by atoms with Gasteiger partial charge in [-0.25, -0.2) is 0 Å². The first-order valence-electron chi connectivity index (χ1n) is 4.96. The zero-order valence-corrected chi connectivity index (χ0v) is 10.9. The molecule has 17 heavy (non-hydrogen) atoms. The molecular formula is C11H11Cl2N3O. The van der Waals surface area contributed by atoms with Gasteiger partial charge in [0.05, 0.1) is 16.1 Å². The van der Waals surface area contributed by atoms with Gasteiger partial charge in [-0.1, -0.05) is 28.4 Å². The van der Waals surface area contributed by atoms with Gasteiger partial charge in [-0.2, -0.15) is 4.98 Å². The predicted molar refractivity (Wildman–Crippen MR) is 67.0 cm³/mol. The average molecular weight is 272 g/mol. The number of hydrogen-bond acceptors (Lipinski definition) is 4. The van der Waals surface area contributed by atoms with E-state index in [0.29, 0.717) is 27.3 Å². The van der Waals surface area contributed by atoms with Gasteiger partial charge in [0.15, 0.2) is 5.82 Å². The second kappa shape index (κ2) is 4.29. The van der Waals surface area contributed by atoms with Crippen molar-refractivity contribution in [2.45, 2.75) is 19.4 Å². The summed E-state index contributed by atoms with van der Waals surface area (Å²) in [6, 6.07) is 5.04. The normalized spacial score (nSPS) is 11.8. The summed E-state index contributed by atoms with van der Waals surface area (Å²) in [6.07, 6.45) is 0. The lowest BCUT2D eigenvalue weighted by molar-refractivity contribution is 0.397. The fraction of sp³-hybridized carbons (Fsp3) is 0.273. The van der Waals surface area contributed by atoms with Crippen LogP contribution in [-0.4, -0.2) is 10.1 Å². The van der Waals surface area contributed by atoms with E-state index in [4.69, 9.17) is 33.5 Å². The zero-order chi connectivity index (χ0) is 12.6. The Morgan fingerprint density at radius 2 is 2.00 bits per heavy atom. The predicted octanol–water partition coefficient (Wildman–Crippen LogP) is 3.24. The third-order valence-corrected chi connectivity index (χ3v) is 2.73. The van der Waals surface area contributed by atoms with E-state index in [0.717, 1.165) is 0 Å². The molecule has 0 radical (unpaired) electrons. The summed E-state index contributed by atoms with van der Waals surface area (Å²) in [6.45, 7) is 3.59. The van der Waals surface area contributed by atoms with Crippen LogP contribution < -0.4 is 5.73 Å². The number of rotatable bonds is 2. The van der Waals surface area contributed by atoms with Crippen LogP contribution in [0.2, 0.25) is 10.0 Å². The van der Waals surface area contributed by atoms with Gasteiger partial charge in [0.1, 0.15) is 0 Å². The van der Waals surface area contributed by atoms with Crippen LogP contribution in [0.1, 0.15) is 19.7 Å². The highest BCUT2D eigenvalue weighted by Gasteiger charge is 2.22. The molecule has 4 nitrogen and oxygen atoms in total. The van der Waals surface area contributed by atoms with Crippen molar-refractivity contribution in [3.63, 3.8) is 0 Å².